The number of benzene rings is 2. The lowest BCUT2D eigenvalue weighted by atomic mass is 9.94. The Balaban J connectivity index is 1.74. The number of carbonyl (C=O) groups is 2. The number of aryl methyl sites for hydroxylation is 1. The highest BCUT2D eigenvalue weighted by Crippen LogP contribution is 2.40. The highest BCUT2D eigenvalue weighted by Gasteiger charge is 2.46. The maximum absolute atomic E-state index is 13.2. The summed E-state index contributed by atoms with van der Waals surface area (Å²) in [6, 6.07) is 12.1. The number of ketones is 1. The number of halogens is 1. The Hall–Kier alpha value is -2.68. The molecule has 0 spiro atoms. The second-order valence-corrected chi connectivity index (χ2v) is 9.32. The average molecular weight is 529 g/mol. The molecule has 0 bridgehead atoms. The van der Waals surface area contributed by atoms with E-state index in [-0.39, 0.29) is 11.3 Å². The molecule has 1 amide bonds. The number of nitrogens with zero attached hydrogens (tertiary/aromatic N) is 2. The summed E-state index contributed by atoms with van der Waals surface area (Å²) in [4.78, 5) is 30.2. The Morgan fingerprint density at radius 1 is 1.12 bits per heavy atom. The molecular weight excluding hydrogens is 500 g/mol. The van der Waals surface area contributed by atoms with Crippen LogP contribution in [0.15, 0.2) is 52.5 Å². The highest BCUT2D eigenvalue weighted by molar-refractivity contribution is 9.10. The van der Waals surface area contributed by atoms with E-state index in [1.807, 2.05) is 44.2 Å². The number of Topliss-reactive ketones (excluding diaryl/α,β-unsaturated/α-hetero) is 1. The first-order valence-corrected chi connectivity index (χ1v) is 12.3. The third-order valence-electron chi connectivity index (χ3n) is 6.25. The van der Waals surface area contributed by atoms with E-state index in [0.29, 0.717) is 44.2 Å². The van der Waals surface area contributed by atoms with Gasteiger partial charge < -0.3 is 19.5 Å². The highest BCUT2D eigenvalue weighted by atomic mass is 79.9. The SMILES string of the molecule is CCOc1ccc(/C(O)=C2\C(=O)C(=O)N(CCN3CCOCC3)C2c2ccc(Br)cc2)c(C)c1. The number of aliphatic hydroxyl groups is 1. The van der Waals surface area contributed by atoms with Crippen molar-refractivity contribution in [3.63, 3.8) is 0 Å². The van der Waals surface area contributed by atoms with Crippen LogP contribution < -0.4 is 4.74 Å². The first-order chi connectivity index (χ1) is 16.4. The van der Waals surface area contributed by atoms with Crippen LogP contribution in [0.25, 0.3) is 5.76 Å². The van der Waals surface area contributed by atoms with Crippen LogP contribution in [0, 0.1) is 6.92 Å². The van der Waals surface area contributed by atoms with E-state index in [0.717, 1.165) is 28.7 Å². The van der Waals surface area contributed by atoms with Gasteiger partial charge in [-0.3, -0.25) is 14.5 Å². The molecule has 0 aliphatic carbocycles. The van der Waals surface area contributed by atoms with Crippen molar-refractivity contribution in [3.05, 3.63) is 69.2 Å². The summed E-state index contributed by atoms with van der Waals surface area (Å²) >= 11 is 3.45. The Morgan fingerprint density at radius 3 is 2.47 bits per heavy atom. The predicted molar refractivity (Wildman–Crippen MR) is 133 cm³/mol. The van der Waals surface area contributed by atoms with Gasteiger partial charge in [0.2, 0.25) is 0 Å². The lowest BCUT2D eigenvalue weighted by Gasteiger charge is -2.31. The standard InChI is InChI=1S/C26H29BrN2O5/c1-3-34-20-8-9-21(17(2)16-20)24(30)22-23(18-4-6-19(27)7-5-18)29(26(32)25(22)31)11-10-28-12-14-33-15-13-28/h4-9,16,23,30H,3,10-15H2,1-2H3/b24-22+. The second kappa shape index (κ2) is 10.7. The molecule has 1 N–H and O–H groups in total. The largest absolute Gasteiger partial charge is 0.507 e. The molecular formula is C26H29BrN2O5. The van der Waals surface area contributed by atoms with Crippen LogP contribution in [0.4, 0.5) is 0 Å². The number of hydrogen-bond acceptors (Lipinski definition) is 6. The van der Waals surface area contributed by atoms with Gasteiger partial charge in [0.05, 0.1) is 31.4 Å². The van der Waals surface area contributed by atoms with Gasteiger partial charge in [-0.2, -0.15) is 0 Å². The van der Waals surface area contributed by atoms with Crippen LogP contribution in [-0.4, -0.2) is 72.6 Å². The lowest BCUT2D eigenvalue weighted by molar-refractivity contribution is -0.140. The van der Waals surface area contributed by atoms with Crippen molar-refractivity contribution in [1.29, 1.82) is 0 Å². The number of aliphatic hydroxyl groups excluding tert-OH is 1. The summed E-state index contributed by atoms with van der Waals surface area (Å²) in [5.41, 5.74) is 2.16. The molecule has 0 saturated carbocycles. The Labute approximate surface area is 208 Å². The Bertz CT molecular complexity index is 1090. The van der Waals surface area contributed by atoms with E-state index < -0.39 is 17.7 Å². The third-order valence-corrected chi connectivity index (χ3v) is 6.78. The zero-order valence-corrected chi connectivity index (χ0v) is 21.0. The Morgan fingerprint density at radius 2 is 1.82 bits per heavy atom. The maximum atomic E-state index is 13.2. The van der Waals surface area contributed by atoms with Gasteiger partial charge in [-0.05, 0) is 55.3 Å². The molecule has 2 aromatic rings. The maximum Gasteiger partial charge on any atom is 0.295 e. The van der Waals surface area contributed by atoms with Crippen LogP contribution >= 0.6 is 15.9 Å². The zero-order chi connectivity index (χ0) is 24.2. The fraction of sp³-hybridized carbons (Fsp3) is 0.385. The molecule has 2 aromatic carbocycles. The van der Waals surface area contributed by atoms with E-state index in [1.54, 1.807) is 17.0 Å². The van der Waals surface area contributed by atoms with E-state index in [4.69, 9.17) is 9.47 Å². The number of hydrogen-bond donors (Lipinski definition) is 1. The van der Waals surface area contributed by atoms with Crippen molar-refractivity contribution in [1.82, 2.24) is 9.80 Å². The van der Waals surface area contributed by atoms with Gasteiger partial charge in [-0.15, -0.1) is 0 Å². The van der Waals surface area contributed by atoms with Crippen LogP contribution in [0.2, 0.25) is 0 Å². The predicted octanol–water partition coefficient (Wildman–Crippen LogP) is 3.91. The van der Waals surface area contributed by atoms with E-state index in [2.05, 4.69) is 20.8 Å². The van der Waals surface area contributed by atoms with E-state index in [1.165, 1.54) is 0 Å². The molecule has 1 unspecified atom stereocenters. The van der Waals surface area contributed by atoms with Crippen molar-refractivity contribution < 1.29 is 24.2 Å². The van der Waals surface area contributed by atoms with Crippen LogP contribution in [0.1, 0.15) is 29.7 Å². The number of morpholine rings is 1. The molecule has 34 heavy (non-hydrogen) atoms. The van der Waals surface area contributed by atoms with Crippen molar-refractivity contribution in [2.75, 3.05) is 46.0 Å². The molecule has 2 fully saturated rings. The van der Waals surface area contributed by atoms with Gasteiger partial charge in [0.1, 0.15) is 11.5 Å². The van der Waals surface area contributed by atoms with E-state index in [9.17, 15) is 14.7 Å². The zero-order valence-electron chi connectivity index (χ0n) is 19.4. The molecule has 7 nitrogen and oxygen atoms in total. The Kier molecular flexibility index (Phi) is 7.70. The first kappa shape index (κ1) is 24.4. The topological polar surface area (TPSA) is 79.3 Å². The molecule has 2 aliphatic heterocycles. The summed E-state index contributed by atoms with van der Waals surface area (Å²) in [6.07, 6.45) is 0. The van der Waals surface area contributed by atoms with Gasteiger partial charge >= 0.3 is 0 Å². The van der Waals surface area contributed by atoms with E-state index >= 15 is 0 Å². The fourth-order valence-corrected chi connectivity index (χ4v) is 4.74. The molecule has 180 valence electrons. The van der Waals surface area contributed by atoms with Crippen molar-refractivity contribution in [2.45, 2.75) is 19.9 Å². The summed E-state index contributed by atoms with van der Waals surface area (Å²) in [6.45, 7) is 8.19. The molecule has 2 saturated heterocycles. The van der Waals surface area contributed by atoms with Crippen LogP contribution in [0.5, 0.6) is 5.75 Å². The minimum Gasteiger partial charge on any atom is -0.507 e. The van der Waals surface area contributed by atoms with Gasteiger partial charge in [-0.1, -0.05) is 28.1 Å². The number of ether oxygens (including phenoxy) is 2. The number of likely N-dealkylation sites (tertiary alicyclic amines) is 1. The number of carbonyl (C=O) groups excluding carboxylic acids is 2. The summed E-state index contributed by atoms with van der Waals surface area (Å²) in [7, 11) is 0. The monoisotopic (exact) mass is 528 g/mol. The van der Waals surface area contributed by atoms with Gasteiger partial charge in [0.15, 0.2) is 0 Å². The molecule has 0 aromatic heterocycles. The minimum atomic E-state index is -0.667. The van der Waals surface area contributed by atoms with Crippen LogP contribution in [-0.2, 0) is 14.3 Å². The summed E-state index contributed by atoms with van der Waals surface area (Å²) in [5, 5.41) is 11.3. The van der Waals surface area contributed by atoms with Gasteiger partial charge in [-0.25, -0.2) is 0 Å². The first-order valence-electron chi connectivity index (χ1n) is 11.5. The molecule has 8 heteroatoms. The third kappa shape index (κ3) is 5.04. The quantitative estimate of drug-likeness (QED) is 0.333. The summed E-state index contributed by atoms with van der Waals surface area (Å²) in [5.74, 6) is -0.736. The molecule has 2 aliphatic rings. The average Bonchev–Trinajstić information content (AvgIpc) is 3.08. The van der Waals surface area contributed by atoms with Gasteiger partial charge in [0, 0.05) is 36.2 Å². The second-order valence-electron chi connectivity index (χ2n) is 8.41. The van der Waals surface area contributed by atoms with Crippen molar-refractivity contribution >= 4 is 33.4 Å². The smallest absolute Gasteiger partial charge is 0.295 e. The summed E-state index contributed by atoms with van der Waals surface area (Å²) < 4.78 is 11.9. The van der Waals surface area contributed by atoms with Crippen molar-refractivity contribution in [2.24, 2.45) is 0 Å². The van der Waals surface area contributed by atoms with Gasteiger partial charge in [0.25, 0.3) is 11.7 Å². The minimum absolute atomic E-state index is 0.113. The molecule has 0 radical (unpaired) electrons. The lowest BCUT2D eigenvalue weighted by Crippen LogP contribution is -2.42. The van der Waals surface area contributed by atoms with Crippen LogP contribution in [0.3, 0.4) is 0 Å². The van der Waals surface area contributed by atoms with Crippen molar-refractivity contribution in [3.8, 4) is 5.75 Å². The molecule has 4 rings (SSSR count). The normalized spacial score (nSPS) is 20.7. The number of rotatable bonds is 7. The number of amides is 1. The molecule has 1 atom stereocenters. The molecule has 2 heterocycles. The fourth-order valence-electron chi connectivity index (χ4n) is 4.48.